The van der Waals surface area contributed by atoms with Gasteiger partial charge in [-0.15, -0.1) is 0 Å². The molecule has 152 valence electrons. The molecule has 0 aromatic heterocycles. The van der Waals surface area contributed by atoms with Crippen molar-refractivity contribution in [1.29, 1.82) is 0 Å². The Kier molecular flexibility index (Phi) is 5.51. The Hall–Kier alpha value is -3.08. The second-order valence-corrected chi connectivity index (χ2v) is 8.49. The van der Waals surface area contributed by atoms with Gasteiger partial charge in [-0.25, -0.2) is 0 Å². The van der Waals surface area contributed by atoms with Gasteiger partial charge in [0.05, 0.1) is 17.7 Å². The second-order valence-electron chi connectivity index (χ2n) is 8.49. The van der Waals surface area contributed by atoms with Crippen LogP contribution in [0.1, 0.15) is 46.2 Å². The van der Waals surface area contributed by atoms with Crippen LogP contribution in [0.5, 0.6) is 5.75 Å². The van der Waals surface area contributed by atoms with Crippen molar-refractivity contribution in [3.05, 3.63) is 71.5 Å². The summed E-state index contributed by atoms with van der Waals surface area (Å²) < 4.78 is 5.81. The maximum Gasteiger partial charge on any atom is 0.294 e. The van der Waals surface area contributed by atoms with Crippen molar-refractivity contribution >= 4 is 17.4 Å². The molecule has 1 unspecified atom stereocenters. The number of hydrogen-bond acceptors (Lipinski definition) is 4. The van der Waals surface area contributed by atoms with E-state index in [2.05, 4.69) is 0 Å². The Morgan fingerprint density at radius 2 is 1.72 bits per heavy atom. The van der Waals surface area contributed by atoms with Crippen molar-refractivity contribution < 1.29 is 19.4 Å². The van der Waals surface area contributed by atoms with E-state index in [1.807, 2.05) is 56.3 Å². The van der Waals surface area contributed by atoms with Gasteiger partial charge in [-0.1, -0.05) is 51.1 Å². The molecule has 2 aromatic carbocycles. The minimum atomic E-state index is -0.749. The first-order valence-corrected chi connectivity index (χ1v) is 9.74. The normalized spacial score (nSPS) is 17.2. The highest BCUT2D eigenvalue weighted by Crippen LogP contribution is 2.43. The molecule has 1 aliphatic heterocycles. The summed E-state index contributed by atoms with van der Waals surface area (Å²) in [7, 11) is 0. The lowest BCUT2D eigenvalue weighted by molar-refractivity contribution is -0.123. The number of ketones is 1. The van der Waals surface area contributed by atoms with Crippen LogP contribution >= 0.6 is 0 Å². The highest BCUT2D eigenvalue weighted by molar-refractivity contribution is 6.17. The summed E-state index contributed by atoms with van der Waals surface area (Å²) in [6.45, 7) is 9.20. The van der Waals surface area contributed by atoms with Gasteiger partial charge in [-0.3, -0.25) is 14.5 Å². The van der Waals surface area contributed by atoms with Crippen molar-refractivity contribution in [3.63, 3.8) is 0 Å². The SMILES string of the molecule is CC(C)Oc1cccc(C2C(C(=O)C(C)(C)C)=C(O)C(=O)N2c2ccccc2)c1. The van der Waals surface area contributed by atoms with E-state index in [0.29, 0.717) is 17.0 Å². The van der Waals surface area contributed by atoms with Gasteiger partial charge in [0.25, 0.3) is 5.91 Å². The van der Waals surface area contributed by atoms with E-state index in [1.54, 1.807) is 32.9 Å². The molecular formula is C24H27NO4. The van der Waals surface area contributed by atoms with E-state index in [-0.39, 0.29) is 17.5 Å². The number of aliphatic hydroxyl groups excluding tert-OH is 1. The lowest BCUT2D eigenvalue weighted by Gasteiger charge is -2.29. The summed E-state index contributed by atoms with van der Waals surface area (Å²) in [5, 5.41) is 10.7. The van der Waals surface area contributed by atoms with Crippen molar-refractivity contribution in [2.45, 2.75) is 46.8 Å². The van der Waals surface area contributed by atoms with Gasteiger partial charge in [0, 0.05) is 11.1 Å². The topological polar surface area (TPSA) is 66.8 Å². The minimum Gasteiger partial charge on any atom is -0.503 e. The zero-order valence-electron chi connectivity index (χ0n) is 17.5. The zero-order chi connectivity index (χ0) is 21.3. The number of aliphatic hydroxyl groups is 1. The fraction of sp³-hybridized carbons (Fsp3) is 0.333. The summed E-state index contributed by atoms with van der Waals surface area (Å²) in [5.74, 6) is -0.688. The molecule has 0 spiro atoms. The summed E-state index contributed by atoms with van der Waals surface area (Å²) in [4.78, 5) is 27.7. The summed E-state index contributed by atoms with van der Waals surface area (Å²) in [6, 6.07) is 15.7. The fourth-order valence-corrected chi connectivity index (χ4v) is 3.44. The minimum absolute atomic E-state index is 0.0136. The van der Waals surface area contributed by atoms with Gasteiger partial charge in [0.1, 0.15) is 5.75 Å². The van der Waals surface area contributed by atoms with Crippen molar-refractivity contribution in [2.24, 2.45) is 5.41 Å². The first-order valence-electron chi connectivity index (χ1n) is 9.74. The molecule has 0 aliphatic carbocycles. The smallest absolute Gasteiger partial charge is 0.294 e. The maximum atomic E-state index is 13.2. The zero-order valence-corrected chi connectivity index (χ0v) is 17.5. The third-order valence-corrected chi connectivity index (χ3v) is 4.71. The quantitative estimate of drug-likeness (QED) is 0.777. The van der Waals surface area contributed by atoms with Crippen molar-refractivity contribution in [1.82, 2.24) is 0 Å². The Bertz CT molecular complexity index is 954. The molecule has 1 atom stereocenters. The Morgan fingerprint density at radius 3 is 2.31 bits per heavy atom. The number of hydrogen-bond donors (Lipinski definition) is 1. The number of amides is 1. The van der Waals surface area contributed by atoms with Crippen LogP contribution in [0.15, 0.2) is 65.9 Å². The highest BCUT2D eigenvalue weighted by atomic mass is 16.5. The number of carbonyl (C=O) groups excluding carboxylic acids is 2. The van der Waals surface area contributed by atoms with E-state index < -0.39 is 23.1 Å². The molecule has 1 N–H and O–H groups in total. The molecule has 5 heteroatoms. The average molecular weight is 393 g/mol. The number of anilines is 1. The predicted octanol–water partition coefficient (Wildman–Crippen LogP) is 4.99. The molecule has 0 radical (unpaired) electrons. The number of ether oxygens (including phenoxy) is 1. The number of Topliss-reactive ketones (excluding diaryl/α,β-unsaturated/α-hetero) is 1. The second kappa shape index (κ2) is 7.74. The Balaban J connectivity index is 2.18. The van der Waals surface area contributed by atoms with E-state index in [4.69, 9.17) is 4.74 Å². The number of para-hydroxylation sites is 1. The number of rotatable bonds is 5. The molecule has 0 saturated heterocycles. The molecule has 1 heterocycles. The largest absolute Gasteiger partial charge is 0.503 e. The highest BCUT2D eigenvalue weighted by Gasteiger charge is 2.46. The molecule has 29 heavy (non-hydrogen) atoms. The van der Waals surface area contributed by atoms with Crippen LogP contribution in [-0.4, -0.2) is 22.9 Å². The van der Waals surface area contributed by atoms with Crippen LogP contribution in [0.2, 0.25) is 0 Å². The molecular weight excluding hydrogens is 366 g/mol. The molecule has 5 nitrogen and oxygen atoms in total. The van der Waals surface area contributed by atoms with E-state index in [9.17, 15) is 14.7 Å². The number of benzene rings is 2. The van der Waals surface area contributed by atoms with Crippen LogP contribution < -0.4 is 9.64 Å². The molecule has 2 aromatic rings. The molecule has 1 aliphatic rings. The first-order chi connectivity index (χ1) is 13.6. The molecule has 0 bridgehead atoms. The monoisotopic (exact) mass is 393 g/mol. The van der Waals surface area contributed by atoms with Crippen molar-refractivity contribution in [2.75, 3.05) is 4.90 Å². The summed E-state index contributed by atoms with van der Waals surface area (Å²) >= 11 is 0. The third kappa shape index (κ3) is 4.04. The van der Waals surface area contributed by atoms with E-state index >= 15 is 0 Å². The lowest BCUT2D eigenvalue weighted by atomic mass is 9.82. The number of carbonyl (C=O) groups is 2. The van der Waals surface area contributed by atoms with Gasteiger partial charge in [-0.05, 0) is 43.7 Å². The van der Waals surface area contributed by atoms with Gasteiger partial charge in [-0.2, -0.15) is 0 Å². The third-order valence-electron chi connectivity index (χ3n) is 4.71. The van der Waals surface area contributed by atoms with Crippen LogP contribution in [0.25, 0.3) is 0 Å². The summed E-state index contributed by atoms with van der Waals surface area (Å²) in [6.07, 6.45) is -0.0136. The van der Waals surface area contributed by atoms with Crippen LogP contribution in [0, 0.1) is 5.41 Å². The molecule has 1 amide bonds. The van der Waals surface area contributed by atoms with Gasteiger partial charge in [0.2, 0.25) is 0 Å². The summed E-state index contributed by atoms with van der Waals surface area (Å²) in [5.41, 5.74) is 0.687. The Morgan fingerprint density at radius 1 is 1.07 bits per heavy atom. The Labute approximate surface area is 171 Å². The molecule has 0 fully saturated rings. The average Bonchev–Trinajstić information content (AvgIpc) is 2.92. The maximum absolute atomic E-state index is 13.2. The van der Waals surface area contributed by atoms with Crippen LogP contribution in [-0.2, 0) is 9.59 Å². The standard InChI is InChI=1S/C24H27NO4/c1-15(2)29-18-13-9-10-16(14-18)20-19(22(27)24(3,4)5)21(26)23(28)25(20)17-11-7-6-8-12-17/h6-15,20,26H,1-5H3. The van der Waals surface area contributed by atoms with Crippen LogP contribution in [0.4, 0.5) is 5.69 Å². The predicted molar refractivity (Wildman–Crippen MR) is 113 cm³/mol. The first kappa shape index (κ1) is 20.6. The van der Waals surface area contributed by atoms with Crippen LogP contribution in [0.3, 0.4) is 0 Å². The van der Waals surface area contributed by atoms with Gasteiger partial charge < -0.3 is 9.84 Å². The van der Waals surface area contributed by atoms with E-state index in [0.717, 1.165) is 0 Å². The van der Waals surface area contributed by atoms with Gasteiger partial charge >= 0.3 is 0 Å². The molecule has 3 rings (SSSR count). The van der Waals surface area contributed by atoms with Gasteiger partial charge in [0.15, 0.2) is 11.5 Å². The van der Waals surface area contributed by atoms with Crippen molar-refractivity contribution in [3.8, 4) is 5.75 Å². The van der Waals surface area contributed by atoms with E-state index in [1.165, 1.54) is 4.90 Å². The fourth-order valence-electron chi connectivity index (χ4n) is 3.44. The lowest BCUT2D eigenvalue weighted by Crippen LogP contribution is -2.32. The number of nitrogens with zero attached hydrogens (tertiary/aromatic N) is 1. The molecule has 0 saturated carbocycles.